The summed E-state index contributed by atoms with van der Waals surface area (Å²) in [7, 11) is 1.34. The number of amides is 6. The summed E-state index contributed by atoms with van der Waals surface area (Å²) in [5, 5.41) is 18.5. The highest BCUT2D eigenvalue weighted by Crippen LogP contribution is 2.27. The molecule has 3 heterocycles. The Morgan fingerprint density at radius 2 is 1.51 bits per heavy atom. The Labute approximate surface area is 329 Å². The molecule has 308 valence electrons. The van der Waals surface area contributed by atoms with E-state index in [1.54, 1.807) is 24.3 Å². The van der Waals surface area contributed by atoms with Gasteiger partial charge in [0.05, 0.1) is 12.5 Å². The molecular formula is C40H50F2N6O9. The lowest BCUT2D eigenvalue weighted by Gasteiger charge is -2.36. The van der Waals surface area contributed by atoms with Crippen LogP contribution in [0.3, 0.4) is 0 Å². The van der Waals surface area contributed by atoms with Gasteiger partial charge in [-0.25, -0.2) is 13.6 Å². The summed E-state index contributed by atoms with van der Waals surface area (Å²) in [6.45, 7) is 7.74. The third kappa shape index (κ3) is 10.1. The predicted molar refractivity (Wildman–Crippen MR) is 200 cm³/mol. The van der Waals surface area contributed by atoms with Gasteiger partial charge < -0.3 is 40.5 Å². The molecule has 0 saturated carbocycles. The van der Waals surface area contributed by atoms with Crippen molar-refractivity contribution in [2.45, 2.75) is 109 Å². The normalized spacial score (nSPS) is 28.0. The van der Waals surface area contributed by atoms with Crippen LogP contribution in [0.2, 0.25) is 0 Å². The van der Waals surface area contributed by atoms with Crippen molar-refractivity contribution in [1.82, 2.24) is 30.7 Å². The van der Waals surface area contributed by atoms with Gasteiger partial charge in [0, 0.05) is 39.0 Å². The summed E-state index contributed by atoms with van der Waals surface area (Å²) >= 11 is 0. The summed E-state index contributed by atoms with van der Waals surface area (Å²) < 4.78 is 34.4. The molecule has 0 aromatic heterocycles. The van der Waals surface area contributed by atoms with E-state index in [4.69, 9.17) is 4.74 Å². The van der Waals surface area contributed by atoms with Crippen LogP contribution in [-0.2, 0) is 51.1 Å². The quantitative estimate of drug-likeness (QED) is 0.289. The van der Waals surface area contributed by atoms with E-state index in [2.05, 4.69) is 16.0 Å². The van der Waals surface area contributed by atoms with E-state index in [9.17, 15) is 47.4 Å². The minimum Gasteiger partial charge on any atom is -0.458 e. The Balaban J connectivity index is 1.51. The summed E-state index contributed by atoms with van der Waals surface area (Å²) in [5.41, 5.74) is 1.58. The van der Waals surface area contributed by atoms with Crippen molar-refractivity contribution in [3.05, 3.63) is 70.8 Å². The molecule has 5 rings (SSSR count). The summed E-state index contributed by atoms with van der Waals surface area (Å²) in [6.07, 6.45) is -3.22. The predicted octanol–water partition coefficient (Wildman–Crippen LogP) is 0.524. The number of aliphatic hydroxyl groups is 1. The summed E-state index contributed by atoms with van der Waals surface area (Å²) in [4.78, 5) is 100. The SMILES string of the molecule is Cc1ccc(CC(=O)N[C@@H](Cc2cc(F)cc(F)c2)C(=O)N[C@@H]2C(=O)N3C[C@H](O)C[C@H]3C(=O)N(C)[C@@H](C)C(=O)N[C@@H](C)C(=O)N3C[C@@H](C)C[C@H]3C(=O)O[C@H]2C)cc1. The number of hydrogen-bond acceptors (Lipinski definition) is 9. The molecule has 57 heavy (non-hydrogen) atoms. The maximum atomic E-state index is 14.6. The Hall–Kier alpha value is -5.45. The minimum absolute atomic E-state index is 0.0101. The lowest BCUT2D eigenvalue weighted by Crippen LogP contribution is -2.62. The van der Waals surface area contributed by atoms with Crippen molar-refractivity contribution in [3.63, 3.8) is 0 Å². The second-order valence-electron chi connectivity index (χ2n) is 15.5. The van der Waals surface area contributed by atoms with Gasteiger partial charge in [-0.05, 0) is 63.3 Å². The fraction of sp³-hybridized carbons (Fsp3) is 0.525. The highest BCUT2D eigenvalue weighted by atomic mass is 19.1. The largest absolute Gasteiger partial charge is 0.458 e. The van der Waals surface area contributed by atoms with Gasteiger partial charge in [-0.15, -0.1) is 0 Å². The topological polar surface area (TPSA) is 195 Å². The van der Waals surface area contributed by atoms with Crippen molar-refractivity contribution in [2.75, 3.05) is 20.1 Å². The number of rotatable bonds is 7. The van der Waals surface area contributed by atoms with Gasteiger partial charge >= 0.3 is 5.97 Å². The number of esters is 1. The fourth-order valence-corrected chi connectivity index (χ4v) is 7.50. The van der Waals surface area contributed by atoms with E-state index >= 15 is 0 Å². The van der Waals surface area contributed by atoms with Gasteiger partial charge in [0.15, 0.2) is 0 Å². The Kier molecular flexibility index (Phi) is 13.3. The molecule has 3 fully saturated rings. The first-order chi connectivity index (χ1) is 26.8. The fourth-order valence-electron chi connectivity index (χ4n) is 7.50. The number of nitrogens with zero attached hydrogens (tertiary/aromatic N) is 3. The highest BCUT2D eigenvalue weighted by molar-refractivity contribution is 5.98. The third-order valence-electron chi connectivity index (χ3n) is 10.8. The maximum Gasteiger partial charge on any atom is 0.329 e. The first-order valence-corrected chi connectivity index (χ1v) is 19.0. The lowest BCUT2D eigenvalue weighted by atomic mass is 10.0. The first-order valence-electron chi connectivity index (χ1n) is 19.0. The number of aryl methyl sites for hydroxylation is 1. The molecule has 3 aliphatic heterocycles. The van der Waals surface area contributed by atoms with E-state index < -0.39 is 108 Å². The van der Waals surface area contributed by atoms with E-state index in [1.807, 2.05) is 13.8 Å². The van der Waals surface area contributed by atoms with Crippen LogP contribution in [-0.4, -0.2) is 130 Å². The van der Waals surface area contributed by atoms with Gasteiger partial charge in [0.2, 0.25) is 35.4 Å². The molecule has 15 nitrogen and oxygen atoms in total. The van der Waals surface area contributed by atoms with Crippen LogP contribution in [0.15, 0.2) is 42.5 Å². The van der Waals surface area contributed by atoms with Crippen molar-refractivity contribution in [1.29, 1.82) is 0 Å². The van der Waals surface area contributed by atoms with E-state index in [0.29, 0.717) is 11.6 Å². The number of cyclic esters (lactones) is 1. The van der Waals surface area contributed by atoms with Crippen molar-refractivity contribution < 1.29 is 52.2 Å². The Morgan fingerprint density at radius 1 is 0.877 bits per heavy atom. The third-order valence-corrected chi connectivity index (χ3v) is 10.8. The average Bonchev–Trinajstić information content (AvgIpc) is 3.74. The zero-order valence-corrected chi connectivity index (χ0v) is 32.8. The standard InChI is InChI=1S/C40H50F2N6O9/c1-20-7-9-25(10-8-20)15-33(50)44-30(14-26-12-27(41)16-28(42)13-26)36(52)45-34-24(5)57-40(56)32-11-21(2)18-47(32)37(53)22(3)43-35(51)23(4)46(6)38(54)31-17-29(49)19-48(31)39(34)55/h7-10,12-13,16,21-24,29-32,34,49H,11,14-15,17-19H2,1-6H3,(H,43,51)(H,44,50)(H,45,52)/t21-,22-,23-,24-,29+,30-,31-,32-,34-/m0/s1. The second kappa shape index (κ2) is 17.8. The van der Waals surface area contributed by atoms with Gasteiger partial charge in [-0.2, -0.15) is 0 Å². The average molecular weight is 797 g/mol. The van der Waals surface area contributed by atoms with Crippen molar-refractivity contribution >= 4 is 41.4 Å². The Morgan fingerprint density at radius 3 is 2.16 bits per heavy atom. The zero-order valence-electron chi connectivity index (χ0n) is 32.8. The van der Waals surface area contributed by atoms with Crippen molar-refractivity contribution in [2.24, 2.45) is 5.92 Å². The molecular weight excluding hydrogens is 746 g/mol. The molecule has 17 heteroatoms. The molecule has 0 aliphatic carbocycles. The molecule has 6 amide bonds. The number of nitrogens with one attached hydrogen (secondary N) is 3. The number of benzene rings is 2. The van der Waals surface area contributed by atoms with Gasteiger partial charge in [-0.3, -0.25) is 28.8 Å². The molecule has 9 atom stereocenters. The smallest absolute Gasteiger partial charge is 0.329 e. The number of carbonyl (C=O) groups is 7. The van der Waals surface area contributed by atoms with Crippen LogP contribution in [0.25, 0.3) is 0 Å². The van der Waals surface area contributed by atoms with Crippen LogP contribution < -0.4 is 16.0 Å². The van der Waals surface area contributed by atoms with Crippen LogP contribution >= 0.6 is 0 Å². The molecule has 0 unspecified atom stereocenters. The van der Waals surface area contributed by atoms with Crippen LogP contribution in [0, 0.1) is 24.5 Å². The number of hydrogen-bond donors (Lipinski definition) is 4. The van der Waals surface area contributed by atoms with Crippen LogP contribution in [0.1, 0.15) is 57.2 Å². The van der Waals surface area contributed by atoms with Crippen LogP contribution in [0.4, 0.5) is 8.78 Å². The van der Waals surface area contributed by atoms with E-state index in [0.717, 1.165) is 27.5 Å². The molecule has 3 aliphatic rings. The van der Waals surface area contributed by atoms with Gasteiger partial charge in [0.1, 0.15) is 54.0 Å². The number of halogens is 2. The van der Waals surface area contributed by atoms with E-state index in [1.165, 1.54) is 32.7 Å². The number of aliphatic hydroxyl groups excluding tert-OH is 1. The first kappa shape index (κ1) is 42.7. The lowest BCUT2D eigenvalue weighted by molar-refractivity contribution is -0.162. The molecule has 0 bridgehead atoms. The number of fused-ring (bicyclic) bond motifs is 2. The van der Waals surface area contributed by atoms with Crippen molar-refractivity contribution in [3.8, 4) is 0 Å². The number of carbonyl (C=O) groups excluding carboxylic acids is 7. The molecule has 3 saturated heterocycles. The second-order valence-corrected chi connectivity index (χ2v) is 15.5. The molecule has 4 N–H and O–H groups in total. The van der Waals surface area contributed by atoms with E-state index in [-0.39, 0.29) is 43.8 Å². The molecule has 0 radical (unpaired) electrons. The maximum absolute atomic E-state index is 14.6. The molecule has 0 spiro atoms. The monoisotopic (exact) mass is 796 g/mol. The zero-order chi connectivity index (χ0) is 41.9. The molecule has 2 aromatic carbocycles. The number of ether oxygens (including phenoxy) is 1. The number of likely N-dealkylation sites (N-methyl/N-ethyl adjacent to an activating group) is 1. The molecule has 2 aromatic rings. The van der Waals surface area contributed by atoms with Crippen LogP contribution in [0.5, 0.6) is 0 Å². The van der Waals surface area contributed by atoms with Gasteiger partial charge in [0.25, 0.3) is 0 Å². The van der Waals surface area contributed by atoms with Gasteiger partial charge in [-0.1, -0.05) is 36.8 Å². The highest BCUT2D eigenvalue weighted by Gasteiger charge is 2.47. The summed E-state index contributed by atoms with van der Waals surface area (Å²) in [5.74, 6) is -7.38. The Bertz CT molecular complexity index is 1880. The minimum atomic E-state index is -1.73. The summed E-state index contributed by atoms with van der Waals surface area (Å²) in [6, 6.07) is 1.82.